The lowest BCUT2D eigenvalue weighted by atomic mass is 9.60. The number of likely N-dealkylation sites (tertiary alicyclic amines) is 1. The summed E-state index contributed by atoms with van der Waals surface area (Å²) in [5.41, 5.74) is 1.15. The van der Waals surface area contributed by atoms with Crippen molar-refractivity contribution in [3.63, 3.8) is 0 Å². The Morgan fingerprint density at radius 1 is 1.08 bits per heavy atom. The number of ether oxygens (including phenoxy) is 3. The van der Waals surface area contributed by atoms with Crippen molar-refractivity contribution in [1.29, 1.82) is 0 Å². The Hall–Kier alpha value is -3.82. The lowest BCUT2D eigenvalue weighted by Gasteiger charge is -2.58. The summed E-state index contributed by atoms with van der Waals surface area (Å²) in [6, 6.07) is 7.21. The second kappa shape index (κ2) is 8.93. The Labute approximate surface area is 215 Å². The van der Waals surface area contributed by atoms with Crippen LogP contribution in [0.5, 0.6) is 11.5 Å². The molecule has 0 radical (unpaired) electrons. The standard InChI is InChI=1S/C27H33N5O5/c1-26(2,3)37-25(34)31-14-27(15-31)11-18(12-27)32-22-17(13-29-24(28-4)30-22)9-21(23(32)33)16-7-19(35-5)10-20(8-16)36-6/h7-10,13,18H,11-12,14-15H2,1-6H3,(H,28,29,30). The normalized spacial score (nSPS) is 16.8. The van der Waals surface area contributed by atoms with Gasteiger partial charge in [0.2, 0.25) is 5.95 Å². The van der Waals surface area contributed by atoms with Gasteiger partial charge in [-0.1, -0.05) is 0 Å². The molecule has 1 aliphatic heterocycles. The molecule has 196 valence electrons. The second-order valence-electron chi connectivity index (χ2n) is 11.0. The first-order chi connectivity index (χ1) is 17.5. The first-order valence-electron chi connectivity index (χ1n) is 12.4. The number of nitrogens with one attached hydrogen (secondary N) is 1. The molecule has 5 rings (SSSR count). The topological polar surface area (TPSA) is 108 Å². The van der Waals surface area contributed by atoms with Crippen LogP contribution in [0.4, 0.5) is 10.7 Å². The number of anilines is 1. The number of pyridine rings is 1. The maximum Gasteiger partial charge on any atom is 0.410 e. The molecule has 0 unspecified atom stereocenters. The molecule has 10 heteroatoms. The maximum atomic E-state index is 14.0. The number of rotatable bonds is 5. The molecule has 1 amide bonds. The summed E-state index contributed by atoms with van der Waals surface area (Å²) in [6.45, 7) is 6.86. The first kappa shape index (κ1) is 24.9. The van der Waals surface area contributed by atoms with Crippen LogP contribution in [0.2, 0.25) is 0 Å². The largest absolute Gasteiger partial charge is 0.497 e. The van der Waals surface area contributed by atoms with E-state index in [2.05, 4.69) is 15.3 Å². The third-order valence-corrected chi connectivity index (χ3v) is 7.07. The number of fused-ring (bicyclic) bond motifs is 1. The van der Waals surface area contributed by atoms with Gasteiger partial charge < -0.3 is 24.4 Å². The zero-order chi connectivity index (χ0) is 26.5. The van der Waals surface area contributed by atoms with E-state index in [1.54, 1.807) is 43.0 Å². The van der Waals surface area contributed by atoms with Crippen LogP contribution < -0.4 is 20.3 Å². The second-order valence-corrected chi connectivity index (χ2v) is 11.0. The van der Waals surface area contributed by atoms with Crippen LogP contribution in [0, 0.1) is 5.41 Å². The molecule has 1 saturated carbocycles. The Morgan fingerprint density at radius 3 is 2.30 bits per heavy atom. The number of hydrogen-bond acceptors (Lipinski definition) is 8. The van der Waals surface area contributed by atoms with Crippen LogP contribution in [-0.2, 0) is 4.74 Å². The number of benzene rings is 1. The monoisotopic (exact) mass is 507 g/mol. The highest BCUT2D eigenvalue weighted by Gasteiger charge is 2.55. The molecule has 1 aliphatic carbocycles. The molecule has 2 fully saturated rings. The molecule has 2 aromatic heterocycles. The third-order valence-electron chi connectivity index (χ3n) is 7.07. The predicted octanol–water partition coefficient (Wildman–Crippen LogP) is 4.09. The van der Waals surface area contributed by atoms with Crippen LogP contribution in [0.3, 0.4) is 0 Å². The molecule has 2 aliphatic rings. The highest BCUT2D eigenvalue weighted by molar-refractivity contribution is 5.82. The molecular formula is C27H33N5O5. The van der Waals surface area contributed by atoms with Gasteiger partial charge in [0.1, 0.15) is 22.7 Å². The minimum atomic E-state index is -0.526. The van der Waals surface area contributed by atoms with Gasteiger partial charge >= 0.3 is 6.09 Å². The SMILES string of the molecule is CNc1ncc2cc(-c3cc(OC)cc(OC)c3)c(=O)n(C3CC4(C3)CN(C(=O)OC(C)(C)C)C4)c2n1. The fourth-order valence-electron chi connectivity index (χ4n) is 5.35. The third kappa shape index (κ3) is 4.56. The Bertz CT molecular complexity index is 1390. The molecule has 1 N–H and O–H groups in total. The summed E-state index contributed by atoms with van der Waals surface area (Å²) in [6.07, 6.45) is 3.01. The number of amides is 1. The van der Waals surface area contributed by atoms with Crippen molar-refractivity contribution in [1.82, 2.24) is 19.4 Å². The van der Waals surface area contributed by atoms with Crippen LogP contribution in [0.15, 0.2) is 35.3 Å². The molecule has 3 heterocycles. The molecule has 10 nitrogen and oxygen atoms in total. The molecular weight excluding hydrogens is 474 g/mol. The average molecular weight is 508 g/mol. The Kier molecular flexibility index (Phi) is 6.00. The first-order valence-corrected chi connectivity index (χ1v) is 12.4. The Morgan fingerprint density at radius 2 is 1.73 bits per heavy atom. The van der Waals surface area contributed by atoms with E-state index >= 15 is 0 Å². The van der Waals surface area contributed by atoms with Gasteiger partial charge in [-0.3, -0.25) is 9.36 Å². The van der Waals surface area contributed by atoms with E-state index < -0.39 is 5.60 Å². The van der Waals surface area contributed by atoms with Crippen molar-refractivity contribution < 1.29 is 19.0 Å². The minimum absolute atomic E-state index is 0.00138. The molecule has 0 atom stereocenters. The lowest BCUT2D eigenvalue weighted by molar-refractivity contribution is -0.0905. The van der Waals surface area contributed by atoms with Gasteiger partial charge in [-0.05, 0) is 57.4 Å². The van der Waals surface area contributed by atoms with E-state index in [1.165, 1.54) is 0 Å². The van der Waals surface area contributed by atoms with Gasteiger partial charge in [0.25, 0.3) is 5.56 Å². The highest BCUT2D eigenvalue weighted by atomic mass is 16.6. The van der Waals surface area contributed by atoms with Crippen LogP contribution in [-0.4, -0.2) is 65.5 Å². The summed E-state index contributed by atoms with van der Waals surface area (Å²) in [5.74, 6) is 1.65. The zero-order valence-electron chi connectivity index (χ0n) is 22.1. The number of methoxy groups -OCH3 is 2. The fourth-order valence-corrected chi connectivity index (χ4v) is 5.35. The van der Waals surface area contributed by atoms with E-state index in [0.717, 1.165) is 18.2 Å². The summed E-state index contributed by atoms with van der Waals surface area (Å²) in [7, 11) is 4.91. The van der Waals surface area contributed by atoms with Gasteiger partial charge in [-0.2, -0.15) is 4.98 Å². The van der Waals surface area contributed by atoms with Gasteiger partial charge in [-0.15, -0.1) is 0 Å². The summed E-state index contributed by atoms with van der Waals surface area (Å²) >= 11 is 0. The van der Waals surface area contributed by atoms with E-state index in [-0.39, 0.29) is 23.1 Å². The van der Waals surface area contributed by atoms with Gasteiger partial charge in [-0.25, -0.2) is 9.78 Å². The quantitative estimate of drug-likeness (QED) is 0.550. The molecule has 1 spiro atoms. The van der Waals surface area contributed by atoms with Gasteiger partial charge in [0.05, 0.1) is 14.2 Å². The van der Waals surface area contributed by atoms with E-state index in [4.69, 9.17) is 14.2 Å². The number of carbonyl (C=O) groups excluding carboxylic acids is 1. The molecule has 1 saturated heterocycles. The number of aromatic nitrogens is 3. The Balaban J connectivity index is 1.49. The van der Waals surface area contributed by atoms with Crippen LogP contribution in [0.25, 0.3) is 22.2 Å². The van der Waals surface area contributed by atoms with E-state index in [1.807, 2.05) is 39.0 Å². The van der Waals surface area contributed by atoms with E-state index in [0.29, 0.717) is 47.3 Å². The highest BCUT2D eigenvalue weighted by Crippen LogP contribution is 2.54. The average Bonchev–Trinajstić information content (AvgIpc) is 2.81. The molecule has 37 heavy (non-hydrogen) atoms. The summed E-state index contributed by atoms with van der Waals surface area (Å²) in [4.78, 5) is 37.2. The number of carbonyl (C=O) groups is 1. The van der Waals surface area contributed by atoms with Gasteiger partial charge in [0, 0.05) is 54.8 Å². The summed E-state index contributed by atoms with van der Waals surface area (Å²) in [5, 5.41) is 3.73. The van der Waals surface area contributed by atoms with Gasteiger partial charge in [0.15, 0.2) is 0 Å². The lowest BCUT2D eigenvalue weighted by Crippen LogP contribution is -2.64. The van der Waals surface area contributed by atoms with Crippen molar-refractivity contribution in [3.8, 4) is 22.6 Å². The smallest absolute Gasteiger partial charge is 0.410 e. The van der Waals surface area contributed by atoms with Crippen molar-refractivity contribution in [3.05, 3.63) is 40.8 Å². The van der Waals surface area contributed by atoms with Crippen molar-refractivity contribution in [2.45, 2.75) is 45.3 Å². The van der Waals surface area contributed by atoms with Crippen molar-refractivity contribution in [2.24, 2.45) is 5.41 Å². The predicted molar refractivity (Wildman–Crippen MR) is 140 cm³/mol. The molecule has 1 aromatic carbocycles. The fraction of sp³-hybridized carbons (Fsp3) is 0.481. The van der Waals surface area contributed by atoms with Crippen molar-refractivity contribution >= 4 is 23.1 Å². The van der Waals surface area contributed by atoms with Crippen molar-refractivity contribution in [2.75, 3.05) is 39.7 Å². The van der Waals surface area contributed by atoms with Crippen LogP contribution in [0.1, 0.15) is 39.7 Å². The molecule has 0 bridgehead atoms. The van der Waals surface area contributed by atoms with Crippen LogP contribution >= 0.6 is 0 Å². The summed E-state index contributed by atoms with van der Waals surface area (Å²) < 4.78 is 18.2. The number of nitrogens with zero attached hydrogens (tertiary/aromatic N) is 4. The zero-order valence-corrected chi connectivity index (χ0v) is 22.1. The van der Waals surface area contributed by atoms with E-state index in [9.17, 15) is 9.59 Å². The maximum absolute atomic E-state index is 14.0. The molecule has 3 aromatic rings. The number of hydrogen-bond donors (Lipinski definition) is 1. The minimum Gasteiger partial charge on any atom is -0.497 e.